The molecule has 0 heterocycles. The SMILES string of the molecule is CCCCCCCCCCCCCCCCCCCCCC/C=C/C(=Nc1ccccc1)C(CCCC)=Nc1ccccc1.[Ni]. The van der Waals surface area contributed by atoms with Gasteiger partial charge in [0.15, 0.2) is 0 Å². The monoisotopic (exact) mass is 656 g/mol. The number of rotatable bonds is 28. The molecule has 3 heteroatoms. The Bertz CT molecular complexity index is 996. The molecule has 0 amide bonds. The molecule has 0 spiro atoms. The molecular weight excluding hydrogens is 591 g/mol. The standard InChI is InChI=1S/C42H66N2.Ni/c1-3-5-7-8-9-10-11-12-13-14-15-16-17-18-19-20-21-22-23-24-25-32-38-42(44-40-35-30-27-31-36-40)41(37-6-4-2)43-39-33-28-26-29-34-39;/h26-36,38H,3-25,37H2,1-2H3;/b38-32+,43-41?,44-42?;. The molecule has 0 fully saturated rings. The van der Waals surface area contributed by atoms with Gasteiger partial charge in [-0.25, -0.2) is 4.99 Å². The summed E-state index contributed by atoms with van der Waals surface area (Å²) in [6, 6.07) is 20.6. The number of para-hydroxylation sites is 2. The Labute approximate surface area is 289 Å². The zero-order valence-electron chi connectivity index (χ0n) is 29.1. The van der Waals surface area contributed by atoms with Crippen molar-refractivity contribution < 1.29 is 16.5 Å². The van der Waals surface area contributed by atoms with E-state index in [9.17, 15) is 0 Å². The molecule has 0 bridgehead atoms. The predicted molar refractivity (Wildman–Crippen MR) is 198 cm³/mol. The van der Waals surface area contributed by atoms with Crippen molar-refractivity contribution in [2.24, 2.45) is 9.98 Å². The van der Waals surface area contributed by atoms with Gasteiger partial charge in [0.2, 0.25) is 0 Å². The number of unbranched alkanes of at least 4 members (excludes halogenated alkanes) is 21. The van der Waals surface area contributed by atoms with Crippen LogP contribution in [0.3, 0.4) is 0 Å². The predicted octanol–water partition coefficient (Wildman–Crippen LogP) is 14.5. The number of benzene rings is 2. The average Bonchev–Trinajstić information content (AvgIpc) is 3.06. The maximum absolute atomic E-state index is 5.03. The second-order valence-corrected chi connectivity index (χ2v) is 12.7. The van der Waals surface area contributed by atoms with Gasteiger partial charge in [-0.1, -0.05) is 185 Å². The molecular formula is C42H66N2Ni. The van der Waals surface area contributed by atoms with Gasteiger partial charge >= 0.3 is 0 Å². The van der Waals surface area contributed by atoms with Crippen LogP contribution in [0.1, 0.15) is 168 Å². The van der Waals surface area contributed by atoms with E-state index in [1.165, 1.54) is 128 Å². The first-order valence-electron chi connectivity index (χ1n) is 18.8. The van der Waals surface area contributed by atoms with Crippen molar-refractivity contribution in [3.05, 3.63) is 72.8 Å². The Kier molecular flexibility index (Phi) is 28.0. The van der Waals surface area contributed by atoms with Gasteiger partial charge in [-0.3, -0.25) is 4.99 Å². The molecule has 0 aliphatic rings. The van der Waals surface area contributed by atoms with E-state index in [1.807, 2.05) is 12.1 Å². The van der Waals surface area contributed by atoms with Gasteiger partial charge < -0.3 is 0 Å². The summed E-state index contributed by atoms with van der Waals surface area (Å²) in [5.41, 5.74) is 4.08. The quantitative estimate of drug-likeness (QED) is 0.0494. The smallest absolute Gasteiger partial charge is 0.0848 e. The number of nitrogens with zero attached hydrogens (tertiary/aromatic N) is 2. The molecule has 0 unspecified atom stereocenters. The van der Waals surface area contributed by atoms with E-state index in [4.69, 9.17) is 9.98 Å². The van der Waals surface area contributed by atoms with Crippen LogP contribution >= 0.6 is 0 Å². The van der Waals surface area contributed by atoms with Crippen molar-refractivity contribution in [3.8, 4) is 0 Å². The van der Waals surface area contributed by atoms with E-state index in [2.05, 4.69) is 74.5 Å². The van der Waals surface area contributed by atoms with E-state index >= 15 is 0 Å². The van der Waals surface area contributed by atoms with Crippen molar-refractivity contribution in [1.82, 2.24) is 0 Å². The van der Waals surface area contributed by atoms with Crippen molar-refractivity contribution in [1.29, 1.82) is 0 Å². The Morgan fingerprint density at radius 2 is 0.844 bits per heavy atom. The fourth-order valence-electron chi connectivity index (χ4n) is 5.80. The van der Waals surface area contributed by atoms with Crippen LogP contribution in [-0.2, 0) is 16.5 Å². The van der Waals surface area contributed by atoms with E-state index in [0.29, 0.717) is 0 Å². The van der Waals surface area contributed by atoms with Crippen molar-refractivity contribution in [2.45, 2.75) is 168 Å². The third-order valence-electron chi connectivity index (χ3n) is 8.59. The maximum Gasteiger partial charge on any atom is 0.0848 e. The minimum Gasteiger partial charge on any atom is -0.251 e. The summed E-state index contributed by atoms with van der Waals surface area (Å²) in [4.78, 5) is 10.1. The Morgan fingerprint density at radius 1 is 0.467 bits per heavy atom. The summed E-state index contributed by atoms with van der Waals surface area (Å²) >= 11 is 0. The molecule has 0 radical (unpaired) electrons. The third kappa shape index (κ3) is 23.1. The Balaban J connectivity index is 0.0000101. The second kappa shape index (κ2) is 30.7. The number of hydrogen-bond acceptors (Lipinski definition) is 2. The van der Waals surface area contributed by atoms with Gasteiger partial charge in [0.1, 0.15) is 0 Å². The molecule has 0 aliphatic heterocycles. The molecule has 2 aromatic carbocycles. The maximum atomic E-state index is 5.03. The Hall–Kier alpha value is -1.99. The van der Waals surface area contributed by atoms with Crippen LogP contribution in [-0.4, -0.2) is 11.4 Å². The number of allylic oxidation sites excluding steroid dienone is 2. The normalized spacial score (nSPS) is 12.1. The van der Waals surface area contributed by atoms with Crippen LogP contribution in [0.25, 0.3) is 0 Å². The zero-order chi connectivity index (χ0) is 31.2. The van der Waals surface area contributed by atoms with Gasteiger partial charge in [-0.05, 0) is 56.0 Å². The first-order chi connectivity index (χ1) is 21.8. The molecule has 45 heavy (non-hydrogen) atoms. The van der Waals surface area contributed by atoms with E-state index in [0.717, 1.165) is 48.5 Å². The molecule has 0 aliphatic carbocycles. The molecule has 0 atom stereocenters. The van der Waals surface area contributed by atoms with Gasteiger partial charge in [0.25, 0.3) is 0 Å². The van der Waals surface area contributed by atoms with Crippen LogP contribution in [0.2, 0.25) is 0 Å². The summed E-state index contributed by atoms with van der Waals surface area (Å²) in [5.74, 6) is 0. The molecule has 2 nitrogen and oxygen atoms in total. The molecule has 0 N–H and O–H groups in total. The van der Waals surface area contributed by atoms with Gasteiger partial charge in [0.05, 0.1) is 22.8 Å². The molecule has 0 saturated heterocycles. The molecule has 2 rings (SSSR count). The van der Waals surface area contributed by atoms with Crippen molar-refractivity contribution in [2.75, 3.05) is 0 Å². The topological polar surface area (TPSA) is 24.7 Å². The largest absolute Gasteiger partial charge is 0.251 e. The summed E-state index contributed by atoms with van der Waals surface area (Å²) in [7, 11) is 0. The van der Waals surface area contributed by atoms with Gasteiger partial charge in [0, 0.05) is 16.5 Å². The fraction of sp³-hybridized carbons (Fsp3) is 0.619. The van der Waals surface area contributed by atoms with Crippen LogP contribution in [0.5, 0.6) is 0 Å². The van der Waals surface area contributed by atoms with E-state index < -0.39 is 0 Å². The third-order valence-corrected chi connectivity index (χ3v) is 8.59. The Morgan fingerprint density at radius 3 is 1.27 bits per heavy atom. The molecule has 2 aromatic rings. The summed E-state index contributed by atoms with van der Waals surface area (Å²) in [5, 5.41) is 0. The van der Waals surface area contributed by atoms with Crippen LogP contribution < -0.4 is 0 Å². The average molecular weight is 658 g/mol. The minimum atomic E-state index is 0. The zero-order valence-corrected chi connectivity index (χ0v) is 30.1. The van der Waals surface area contributed by atoms with Gasteiger partial charge in [-0.15, -0.1) is 0 Å². The first-order valence-corrected chi connectivity index (χ1v) is 18.8. The summed E-state index contributed by atoms with van der Waals surface area (Å²) in [6.45, 7) is 4.54. The second-order valence-electron chi connectivity index (χ2n) is 12.7. The molecule has 0 saturated carbocycles. The van der Waals surface area contributed by atoms with Crippen LogP contribution in [0, 0.1) is 0 Å². The number of aliphatic imine (C=N–C) groups is 2. The van der Waals surface area contributed by atoms with E-state index in [-0.39, 0.29) is 16.5 Å². The summed E-state index contributed by atoms with van der Waals surface area (Å²) in [6.07, 6.45) is 37.4. The summed E-state index contributed by atoms with van der Waals surface area (Å²) < 4.78 is 0. The minimum absolute atomic E-state index is 0. The van der Waals surface area contributed by atoms with Gasteiger partial charge in [-0.2, -0.15) is 0 Å². The van der Waals surface area contributed by atoms with Crippen LogP contribution in [0.15, 0.2) is 82.8 Å². The van der Waals surface area contributed by atoms with Crippen molar-refractivity contribution in [3.63, 3.8) is 0 Å². The number of hydrogen-bond donors (Lipinski definition) is 0. The van der Waals surface area contributed by atoms with Crippen molar-refractivity contribution >= 4 is 22.8 Å². The first kappa shape index (κ1) is 41.0. The van der Waals surface area contributed by atoms with Crippen LogP contribution in [0.4, 0.5) is 11.4 Å². The van der Waals surface area contributed by atoms with E-state index in [1.54, 1.807) is 0 Å². The molecule has 254 valence electrons. The fourth-order valence-corrected chi connectivity index (χ4v) is 5.80. The molecule has 0 aromatic heterocycles.